The zero-order valence-electron chi connectivity index (χ0n) is 11.9. The third-order valence-electron chi connectivity index (χ3n) is 4.43. The van der Waals surface area contributed by atoms with Crippen molar-refractivity contribution in [1.29, 1.82) is 5.26 Å². The second-order valence-corrected chi connectivity index (χ2v) is 9.24. The molecule has 0 amide bonds. The molecule has 1 aliphatic carbocycles. The fraction of sp³-hybridized carbons (Fsp3) is 0.615. The van der Waals surface area contributed by atoms with Crippen LogP contribution < -0.4 is 5.73 Å². The summed E-state index contributed by atoms with van der Waals surface area (Å²) >= 11 is 1.20. The van der Waals surface area contributed by atoms with Crippen LogP contribution in [0.2, 0.25) is 0 Å². The first-order valence-electron chi connectivity index (χ1n) is 6.75. The maximum atomic E-state index is 13.3. The number of hydrogen-bond donors (Lipinski definition) is 1. The zero-order valence-corrected chi connectivity index (χ0v) is 13.5. The van der Waals surface area contributed by atoms with E-state index < -0.39 is 27.1 Å². The predicted octanol–water partition coefficient (Wildman–Crippen LogP) is 1.94. The Kier molecular flexibility index (Phi) is 3.29. The zero-order chi connectivity index (χ0) is 16.3. The number of nitriles is 1. The van der Waals surface area contributed by atoms with Crippen LogP contribution in [0.15, 0.2) is 0 Å². The van der Waals surface area contributed by atoms with E-state index >= 15 is 0 Å². The quantitative estimate of drug-likeness (QED) is 0.905. The molecule has 1 saturated carbocycles. The van der Waals surface area contributed by atoms with Gasteiger partial charge < -0.3 is 5.73 Å². The SMILES string of the molecule is CC1(CS(=O)(=O)N2CCc3c(sc(N)c3C#N)C2)CC1(F)F. The molecule has 1 aromatic heterocycles. The average Bonchev–Trinajstić information content (AvgIpc) is 2.75. The van der Waals surface area contributed by atoms with E-state index in [-0.39, 0.29) is 19.5 Å². The van der Waals surface area contributed by atoms with Crippen molar-refractivity contribution in [1.82, 2.24) is 4.31 Å². The summed E-state index contributed by atoms with van der Waals surface area (Å²) < 4.78 is 52.6. The molecule has 2 heterocycles. The van der Waals surface area contributed by atoms with Crippen molar-refractivity contribution in [2.45, 2.75) is 32.2 Å². The van der Waals surface area contributed by atoms with Gasteiger partial charge in [0, 0.05) is 24.4 Å². The molecule has 1 unspecified atom stereocenters. The molecule has 1 aliphatic heterocycles. The van der Waals surface area contributed by atoms with Crippen molar-refractivity contribution in [2.24, 2.45) is 5.41 Å². The number of sulfonamides is 1. The second kappa shape index (κ2) is 4.63. The van der Waals surface area contributed by atoms with Crippen LogP contribution in [-0.4, -0.2) is 30.9 Å². The minimum absolute atomic E-state index is 0.107. The summed E-state index contributed by atoms with van der Waals surface area (Å²) in [5.74, 6) is -3.45. The van der Waals surface area contributed by atoms with Crippen LogP contribution in [0.4, 0.5) is 13.8 Å². The van der Waals surface area contributed by atoms with Gasteiger partial charge >= 0.3 is 0 Å². The van der Waals surface area contributed by atoms with Gasteiger partial charge in [0.1, 0.15) is 11.1 Å². The van der Waals surface area contributed by atoms with Gasteiger partial charge in [0.2, 0.25) is 10.0 Å². The number of nitrogens with zero attached hydrogens (tertiary/aromatic N) is 2. The Morgan fingerprint density at radius 1 is 1.50 bits per heavy atom. The van der Waals surface area contributed by atoms with E-state index in [0.29, 0.717) is 17.0 Å². The van der Waals surface area contributed by atoms with Gasteiger partial charge in [0.15, 0.2) is 0 Å². The molecule has 120 valence electrons. The van der Waals surface area contributed by atoms with Gasteiger partial charge in [-0.25, -0.2) is 17.2 Å². The molecule has 1 fully saturated rings. The molecule has 3 rings (SSSR count). The number of hydrogen-bond acceptors (Lipinski definition) is 5. The van der Waals surface area contributed by atoms with E-state index in [0.717, 1.165) is 10.4 Å². The molecule has 0 aromatic carbocycles. The first-order valence-corrected chi connectivity index (χ1v) is 9.18. The average molecular weight is 347 g/mol. The molecule has 0 saturated heterocycles. The highest BCUT2D eigenvalue weighted by Gasteiger charge is 2.69. The van der Waals surface area contributed by atoms with E-state index in [1.165, 1.54) is 22.6 Å². The van der Waals surface area contributed by atoms with Crippen molar-refractivity contribution in [2.75, 3.05) is 18.0 Å². The monoisotopic (exact) mass is 347 g/mol. The van der Waals surface area contributed by atoms with Gasteiger partial charge in [0.25, 0.3) is 5.92 Å². The van der Waals surface area contributed by atoms with E-state index in [4.69, 9.17) is 11.0 Å². The molecule has 2 aliphatic rings. The molecule has 0 spiro atoms. The summed E-state index contributed by atoms with van der Waals surface area (Å²) in [7, 11) is -3.77. The highest BCUT2D eigenvalue weighted by atomic mass is 32.2. The van der Waals surface area contributed by atoms with Crippen LogP contribution in [0.1, 0.15) is 29.3 Å². The maximum absolute atomic E-state index is 13.3. The normalized spacial score (nSPS) is 27.2. The number of rotatable bonds is 3. The standard InChI is InChI=1S/C13H15F2N3O2S2/c1-12(6-13(12,14)15)7-22(19,20)18-3-2-8-9(4-16)11(17)21-10(8)5-18/h2-3,5-7,17H2,1H3. The predicted molar refractivity (Wildman–Crippen MR) is 79.0 cm³/mol. The first-order chi connectivity index (χ1) is 10.1. The highest BCUT2D eigenvalue weighted by molar-refractivity contribution is 7.89. The molecular weight excluding hydrogens is 332 g/mol. The van der Waals surface area contributed by atoms with Gasteiger partial charge in [-0.2, -0.15) is 9.57 Å². The summed E-state index contributed by atoms with van der Waals surface area (Å²) in [5.41, 5.74) is 5.51. The Labute approximate surface area is 131 Å². The number of anilines is 1. The lowest BCUT2D eigenvalue weighted by molar-refractivity contribution is 0.0765. The van der Waals surface area contributed by atoms with Gasteiger partial charge in [0.05, 0.1) is 16.7 Å². The second-order valence-electron chi connectivity index (χ2n) is 6.14. The largest absolute Gasteiger partial charge is 0.389 e. The van der Waals surface area contributed by atoms with Crippen LogP contribution in [-0.2, 0) is 23.0 Å². The maximum Gasteiger partial charge on any atom is 0.255 e. The summed E-state index contributed by atoms with van der Waals surface area (Å²) in [6.45, 7) is 1.61. The van der Waals surface area contributed by atoms with E-state index in [2.05, 4.69) is 0 Å². The number of nitrogens with two attached hydrogens (primary N) is 1. The smallest absolute Gasteiger partial charge is 0.255 e. The summed E-state index contributed by atoms with van der Waals surface area (Å²) in [6.07, 6.45) is 0.00111. The molecule has 1 atom stereocenters. The number of fused-ring (bicyclic) bond motifs is 1. The molecule has 0 radical (unpaired) electrons. The number of halogens is 2. The Morgan fingerprint density at radius 2 is 2.14 bits per heavy atom. The van der Waals surface area contributed by atoms with Gasteiger partial charge in [-0.1, -0.05) is 6.92 Å². The van der Waals surface area contributed by atoms with E-state index in [1.807, 2.05) is 6.07 Å². The minimum atomic E-state index is -3.77. The number of alkyl halides is 2. The molecular formula is C13H15F2N3O2S2. The third-order valence-corrected chi connectivity index (χ3v) is 7.57. The fourth-order valence-electron chi connectivity index (χ4n) is 2.86. The molecule has 22 heavy (non-hydrogen) atoms. The lowest BCUT2D eigenvalue weighted by atomic mass is 10.1. The molecule has 1 aromatic rings. The molecule has 2 N–H and O–H groups in total. The molecule has 5 nitrogen and oxygen atoms in total. The van der Waals surface area contributed by atoms with Gasteiger partial charge in [-0.3, -0.25) is 0 Å². The summed E-state index contributed by atoms with van der Waals surface area (Å²) in [4.78, 5) is 0.733. The van der Waals surface area contributed by atoms with Crippen molar-refractivity contribution < 1.29 is 17.2 Å². The van der Waals surface area contributed by atoms with Crippen LogP contribution in [0.3, 0.4) is 0 Å². The Balaban J connectivity index is 1.82. The van der Waals surface area contributed by atoms with Crippen LogP contribution in [0.25, 0.3) is 0 Å². The van der Waals surface area contributed by atoms with E-state index in [9.17, 15) is 17.2 Å². The van der Waals surface area contributed by atoms with Crippen molar-refractivity contribution >= 4 is 26.4 Å². The first kappa shape index (κ1) is 15.6. The Morgan fingerprint density at radius 3 is 2.68 bits per heavy atom. The van der Waals surface area contributed by atoms with Crippen LogP contribution >= 0.6 is 11.3 Å². The van der Waals surface area contributed by atoms with E-state index in [1.54, 1.807) is 0 Å². The van der Waals surface area contributed by atoms with Crippen molar-refractivity contribution in [3.63, 3.8) is 0 Å². The van der Waals surface area contributed by atoms with Crippen molar-refractivity contribution in [3.05, 3.63) is 16.0 Å². The Bertz CT molecular complexity index is 782. The van der Waals surface area contributed by atoms with Gasteiger partial charge in [-0.15, -0.1) is 11.3 Å². The van der Waals surface area contributed by atoms with Gasteiger partial charge in [-0.05, 0) is 12.0 Å². The molecule has 0 bridgehead atoms. The number of nitrogen functional groups attached to an aromatic ring is 1. The minimum Gasteiger partial charge on any atom is -0.389 e. The van der Waals surface area contributed by atoms with Crippen LogP contribution in [0, 0.1) is 16.7 Å². The van der Waals surface area contributed by atoms with Crippen LogP contribution in [0.5, 0.6) is 0 Å². The van der Waals surface area contributed by atoms with Crippen molar-refractivity contribution in [3.8, 4) is 6.07 Å². The summed E-state index contributed by atoms with van der Waals surface area (Å²) in [5, 5.41) is 9.45. The highest BCUT2D eigenvalue weighted by Crippen LogP contribution is 2.61. The lowest BCUT2D eigenvalue weighted by Gasteiger charge is -2.27. The lowest BCUT2D eigenvalue weighted by Crippen LogP contribution is -2.39. The topological polar surface area (TPSA) is 87.2 Å². The number of thiophene rings is 1. The third kappa shape index (κ3) is 2.30. The fourth-order valence-corrected chi connectivity index (χ4v) is 6.02. The Hall–Kier alpha value is -1.24. The summed E-state index contributed by atoms with van der Waals surface area (Å²) in [6, 6.07) is 2.03. The molecule has 9 heteroatoms.